The predicted molar refractivity (Wildman–Crippen MR) is 151 cm³/mol. The van der Waals surface area contributed by atoms with Gasteiger partial charge in [-0.2, -0.15) is 0 Å². The normalized spacial score (nSPS) is 14.8. The molecule has 0 saturated heterocycles. The average molecular weight is 471 g/mol. The molecule has 0 aromatic heterocycles. The van der Waals surface area contributed by atoms with Gasteiger partial charge in [0, 0.05) is 50.3 Å². The van der Waals surface area contributed by atoms with Gasteiger partial charge in [0.1, 0.15) is 0 Å². The Balaban J connectivity index is 1.59. The molecule has 178 valence electrons. The molecule has 2 aliphatic rings. The molecule has 0 amide bonds. The summed E-state index contributed by atoms with van der Waals surface area (Å²) >= 11 is 0. The van der Waals surface area contributed by atoms with E-state index in [1.54, 1.807) is 0 Å². The van der Waals surface area contributed by atoms with Crippen molar-refractivity contribution in [2.75, 3.05) is 37.2 Å². The molecule has 36 heavy (non-hydrogen) atoms. The van der Waals surface area contributed by atoms with Crippen molar-refractivity contribution in [2.45, 2.75) is 0 Å². The number of benzene rings is 4. The van der Waals surface area contributed by atoms with E-state index in [4.69, 9.17) is 0 Å². The largest absolute Gasteiger partial charge is 0.361 e. The summed E-state index contributed by atoms with van der Waals surface area (Å²) in [4.78, 5) is 9.01. The van der Waals surface area contributed by atoms with Crippen molar-refractivity contribution in [3.63, 3.8) is 0 Å². The molecular formula is C32H30N4. The van der Waals surface area contributed by atoms with E-state index >= 15 is 0 Å². The van der Waals surface area contributed by atoms with Gasteiger partial charge in [0.15, 0.2) is 0 Å². The second kappa shape index (κ2) is 9.31. The first-order valence-electron chi connectivity index (χ1n) is 12.4. The van der Waals surface area contributed by atoms with Crippen LogP contribution in [0.4, 0.5) is 11.4 Å². The van der Waals surface area contributed by atoms with Gasteiger partial charge in [0.05, 0.1) is 13.3 Å². The summed E-state index contributed by atoms with van der Waals surface area (Å²) in [5, 5.41) is 0. The standard InChI is InChI=1S/C32H30N4/c1-33-16-18-35(23-33)28-20-27(21-29(22-28)36-19-17-34(2)24-36)32-30(25-10-5-3-6-11-25)14-9-15-31(32)26-12-7-4-8-13-26/h3-22H,23-24H2,1-2H3. The van der Waals surface area contributed by atoms with Crippen LogP contribution in [0.1, 0.15) is 0 Å². The van der Waals surface area contributed by atoms with Crippen molar-refractivity contribution in [1.29, 1.82) is 0 Å². The smallest absolute Gasteiger partial charge is 0.0938 e. The van der Waals surface area contributed by atoms with E-state index in [2.05, 4.69) is 156 Å². The molecule has 0 radical (unpaired) electrons. The fourth-order valence-corrected chi connectivity index (χ4v) is 5.04. The quantitative estimate of drug-likeness (QED) is 0.310. The summed E-state index contributed by atoms with van der Waals surface area (Å²) in [7, 11) is 4.22. The van der Waals surface area contributed by atoms with Gasteiger partial charge in [0.25, 0.3) is 0 Å². The highest BCUT2D eigenvalue weighted by molar-refractivity contribution is 5.96. The highest BCUT2D eigenvalue weighted by Gasteiger charge is 2.20. The Morgan fingerprint density at radius 2 is 0.944 bits per heavy atom. The zero-order valence-electron chi connectivity index (χ0n) is 20.8. The molecule has 4 aromatic rings. The van der Waals surface area contributed by atoms with Crippen molar-refractivity contribution in [3.05, 3.63) is 122 Å². The third-order valence-electron chi connectivity index (χ3n) is 6.84. The number of rotatable bonds is 5. The lowest BCUT2D eigenvalue weighted by molar-refractivity contribution is 0.494. The van der Waals surface area contributed by atoms with Gasteiger partial charge in [-0.3, -0.25) is 0 Å². The number of anilines is 2. The average Bonchev–Trinajstić information content (AvgIpc) is 3.57. The van der Waals surface area contributed by atoms with Crippen LogP contribution in [0.25, 0.3) is 33.4 Å². The Hall–Kier alpha value is -4.44. The first kappa shape index (κ1) is 22.1. The van der Waals surface area contributed by atoms with Gasteiger partial charge in [-0.1, -0.05) is 78.9 Å². The van der Waals surface area contributed by atoms with Crippen LogP contribution in [-0.4, -0.2) is 37.2 Å². The van der Waals surface area contributed by atoms with Gasteiger partial charge in [-0.05, 0) is 51.6 Å². The second-order valence-electron chi connectivity index (χ2n) is 9.53. The minimum Gasteiger partial charge on any atom is -0.361 e. The van der Waals surface area contributed by atoms with E-state index in [-0.39, 0.29) is 0 Å². The van der Waals surface area contributed by atoms with Crippen LogP contribution in [0.2, 0.25) is 0 Å². The van der Waals surface area contributed by atoms with E-state index in [9.17, 15) is 0 Å². The van der Waals surface area contributed by atoms with Crippen molar-refractivity contribution in [3.8, 4) is 33.4 Å². The molecule has 0 bridgehead atoms. The first-order valence-corrected chi connectivity index (χ1v) is 12.4. The maximum Gasteiger partial charge on any atom is 0.0938 e. The molecule has 0 atom stereocenters. The van der Waals surface area contributed by atoms with Crippen LogP contribution >= 0.6 is 0 Å². The Kier molecular flexibility index (Phi) is 5.70. The molecule has 0 N–H and O–H groups in total. The number of hydrogen-bond donors (Lipinski definition) is 0. The highest BCUT2D eigenvalue weighted by atomic mass is 15.3. The predicted octanol–water partition coefficient (Wildman–Crippen LogP) is 7.05. The summed E-state index contributed by atoms with van der Waals surface area (Å²) in [6.45, 7) is 1.68. The fraction of sp³-hybridized carbons (Fsp3) is 0.125. The molecule has 4 aromatic carbocycles. The Labute approximate surface area is 213 Å². The van der Waals surface area contributed by atoms with Crippen LogP contribution in [0.3, 0.4) is 0 Å². The second-order valence-corrected chi connectivity index (χ2v) is 9.53. The topological polar surface area (TPSA) is 13.0 Å². The molecular weight excluding hydrogens is 440 g/mol. The molecule has 0 fully saturated rings. The molecule has 0 saturated carbocycles. The minimum atomic E-state index is 0.838. The highest BCUT2D eigenvalue weighted by Crippen LogP contribution is 2.43. The molecule has 0 spiro atoms. The Bertz CT molecular complexity index is 1320. The lowest BCUT2D eigenvalue weighted by atomic mass is 9.87. The molecule has 0 aliphatic carbocycles. The van der Waals surface area contributed by atoms with Crippen molar-refractivity contribution in [2.24, 2.45) is 0 Å². The van der Waals surface area contributed by atoms with Crippen molar-refractivity contribution >= 4 is 11.4 Å². The maximum atomic E-state index is 2.34. The minimum absolute atomic E-state index is 0.838. The van der Waals surface area contributed by atoms with Crippen LogP contribution in [0.5, 0.6) is 0 Å². The van der Waals surface area contributed by atoms with Crippen LogP contribution in [0.15, 0.2) is 122 Å². The molecule has 4 nitrogen and oxygen atoms in total. The monoisotopic (exact) mass is 470 g/mol. The molecule has 0 unspecified atom stereocenters. The zero-order chi connectivity index (χ0) is 24.5. The fourth-order valence-electron chi connectivity index (χ4n) is 5.04. The van der Waals surface area contributed by atoms with Crippen LogP contribution < -0.4 is 9.80 Å². The molecule has 2 aliphatic heterocycles. The lowest BCUT2D eigenvalue weighted by Gasteiger charge is -2.25. The van der Waals surface area contributed by atoms with E-state index in [0.717, 1.165) is 13.3 Å². The van der Waals surface area contributed by atoms with Crippen LogP contribution in [-0.2, 0) is 0 Å². The van der Waals surface area contributed by atoms with Gasteiger partial charge in [-0.25, -0.2) is 0 Å². The Morgan fingerprint density at radius 1 is 0.472 bits per heavy atom. The first-order chi connectivity index (χ1) is 17.7. The van der Waals surface area contributed by atoms with Gasteiger partial charge in [0.2, 0.25) is 0 Å². The summed E-state index contributed by atoms with van der Waals surface area (Å²) in [5.41, 5.74) is 9.77. The van der Waals surface area contributed by atoms with Gasteiger partial charge >= 0.3 is 0 Å². The van der Waals surface area contributed by atoms with Gasteiger partial charge < -0.3 is 19.6 Å². The van der Waals surface area contributed by atoms with E-state index in [0.29, 0.717) is 0 Å². The lowest BCUT2D eigenvalue weighted by Crippen LogP contribution is -2.23. The van der Waals surface area contributed by atoms with Crippen LogP contribution in [0, 0.1) is 0 Å². The summed E-state index contributed by atoms with van der Waals surface area (Å²) in [6, 6.07) is 35.1. The van der Waals surface area contributed by atoms with Crippen molar-refractivity contribution < 1.29 is 0 Å². The maximum absolute atomic E-state index is 2.34. The molecule has 4 heteroatoms. The van der Waals surface area contributed by atoms with E-state index < -0.39 is 0 Å². The zero-order valence-corrected chi connectivity index (χ0v) is 20.8. The summed E-state index contributed by atoms with van der Waals surface area (Å²) in [6.07, 6.45) is 8.58. The SMILES string of the molecule is CN1C=CN(c2cc(-c3c(-c4ccccc4)cccc3-c3ccccc3)cc(N3C=CN(C)C3)c2)C1. The molecule has 6 rings (SSSR count). The third kappa shape index (κ3) is 4.22. The summed E-state index contributed by atoms with van der Waals surface area (Å²) < 4.78 is 0. The van der Waals surface area contributed by atoms with Crippen molar-refractivity contribution in [1.82, 2.24) is 9.80 Å². The molecule has 2 heterocycles. The number of nitrogens with zero attached hydrogens (tertiary/aromatic N) is 4. The number of hydrogen-bond acceptors (Lipinski definition) is 4. The summed E-state index contributed by atoms with van der Waals surface area (Å²) in [5.74, 6) is 0. The van der Waals surface area contributed by atoms with E-state index in [1.807, 2.05) is 0 Å². The Morgan fingerprint density at radius 3 is 1.36 bits per heavy atom. The third-order valence-corrected chi connectivity index (χ3v) is 6.84. The van der Waals surface area contributed by atoms with Gasteiger partial charge in [-0.15, -0.1) is 0 Å². The van der Waals surface area contributed by atoms with E-state index in [1.165, 1.54) is 44.8 Å².